The maximum Gasteiger partial charge on any atom is 0.419 e. The number of ether oxygens (including phenoxy) is 2. The van der Waals surface area contributed by atoms with E-state index in [2.05, 4.69) is 4.57 Å². The zero-order valence-corrected chi connectivity index (χ0v) is 19.6. The van der Waals surface area contributed by atoms with E-state index in [-0.39, 0.29) is 17.4 Å². The fraction of sp³-hybridized carbons (Fsp3) is 0.370. The first-order chi connectivity index (χ1) is 16.7. The summed E-state index contributed by atoms with van der Waals surface area (Å²) in [6.07, 6.45) is -1.34. The molecule has 0 unspecified atom stereocenters. The Balaban J connectivity index is 1.37. The summed E-state index contributed by atoms with van der Waals surface area (Å²) < 4.78 is 55.3. The minimum absolute atomic E-state index is 0.00283. The van der Waals surface area contributed by atoms with Crippen LogP contribution < -0.4 is 9.47 Å². The summed E-state index contributed by atoms with van der Waals surface area (Å²) in [5.41, 5.74) is 0.482. The molecule has 5 nitrogen and oxygen atoms in total. The van der Waals surface area contributed by atoms with Crippen molar-refractivity contribution in [2.45, 2.75) is 51.0 Å². The number of piperidine rings is 1. The van der Waals surface area contributed by atoms with Crippen molar-refractivity contribution in [1.29, 1.82) is 0 Å². The fourth-order valence-electron chi connectivity index (χ4n) is 4.87. The number of likely N-dealkylation sites (tertiary alicyclic amines) is 1. The van der Waals surface area contributed by atoms with Crippen molar-refractivity contribution in [2.24, 2.45) is 0 Å². The van der Waals surface area contributed by atoms with E-state index in [1.807, 2.05) is 49.5 Å². The Morgan fingerprint density at radius 3 is 2.57 bits per heavy atom. The van der Waals surface area contributed by atoms with Crippen LogP contribution in [0.1, 0.15) is 54.7 Å². The zero-order valence-electron chi connectivity index (χ0n) is 19.6. The van der Waals surface area contributed by atoms with Crippen LogP contribution >= 0.6 is 0 Å². The molecule has 1 saturated heterocycles. The molecule has 0 saturated carbocycles. The highest BCUT2D eigenvalue weighted by Crippen LogP contribution is 2.45. The summed E-state index contributed by atoms with van der Waals surface area (Å²) >= 11 is 0. The van der Waals surface area contributed by atoms with Gasteiger partial charge in [0.15, 0.2) is 5.60 Å². The third-order valence-corrected chi connectivity index (χ3v) is 6.94. The quantitative estimate of drug-likeness (QED) is 0.443. The van der Waals surface area contributed by atoms with E-state index in [4.69, 9.17) is 9.47 Å². The van der Waals surface area contributed by atoms with Crippen molar-refractivity contribution in [3.05, 3.63) is 77.6 Å². The summed E-state index contributed by atoms with van der Waals surface area (Å²) in [6.45, 7) is 4.30. The molecule has 3 aromatic rings. The number of rotatable bonds is 4. The van der Waals surface area contributed by atoms with Crippen LogP contribution in [-0.4, -0.2) is 34.6 Å². The Bertz CT molecular complexity index is 1240. The number of carbonyl (C=O) groups is 1. The molecule has 2 aromatic carbocycles. The van der Waals surface area contributed by atoms with Gasteiger partial charge in [0.25, 0.3) is 5.91 Å². The third-order valence-electron chi connectivity index (χ3n) is 6.94. The Kier molecular flexibility index (Phi) is 5.77. The number of para-hydroxylation sites is 2. The van der Waals surface area contributed by atoms with Gasteiger partial charge in [0, 0.05) is 37.7 Å². The summed E-state index contributed by atoms with van der Waals surface area (Å²) in [7, 11) is 0. The second-order valence-electron chi connectivity index (χ2n) is 9.17. The SMILES string of the molecule is CC[C@@H](C)Oc1ccc(C(=O)N2CCC3(CC2)Oc2ccccc2-n2cccc23)cc1C(F)(F)F. The summed E-state index contributed by atoms with van der Waals surface area (Å²) in [4.78, 5) is 14.8. The van der Waals surface area contributed by atoms with E-state index in [0.717, 1.165) is 23.2 Å². The maximum absolute atomic E-state index is 13.7. The minimum atomic E-state index is -4.63. The van der Waals surface area contributed by atoms with E-state index in [0.29, 0.717) is 32.4 Å². The highest BCUT2D eigenvalue weighted by atomic mass is 19.4. The molecule has 3 heterocycles. The summed E-state index contributed by atoms with van der Waals surface area (Å²) in [6, 6.07) is 15.4. The van der Waals surface area contributed by atoms with Crippen molar-refractivity contribution < 1.29 is 27.4 Å². The topological polar surface area (TPSA) is 43.7 Å². The van der Waals surface area contributed by atoms with Crippen molar-refractivity contribution in [3.8, 4) is 17.2 Å². The van der Waals surface area contributed by atoms with Crippen LogP contribution in [0.4, 0.5) is 13.2 Å². The highest BCUT2D eigenvalue weighted by Gasteiger charge is 2.45. The molecule has 1 fully saturated rings. The molecule has 0 radical (unpaired) electrons. The Morgan fingerprint density at radius 2 is 1.86 bits per heavy atom. The van der Waals surface area contributed by atoms with Gasteiger partial charge in [-0.25, -0.2) is 0 Å². The third kappa shape index (κ3) is 4.15. The van der Waals surface area contributed by atoms with Gasteiger partial charge >= 0.3 is 6.18 Å². The van der Waals surface area contributed by atoms with E-state index in [9.17, 15) is 18.0 Å². The van der Waals surface area contributed by atoms with Gasteiger partial charge < -0.3 is 18.9 Å². The molecule has 1 atom stereocenters. The van der Waals surface area contributed by atoms with Crippen molar-refractivity contribution in [3.63, 3.8) is 0 Å². The first-order valence-corrected chi connectivity index (χ1v) is 11.9. The number of hydrogen-bond acceptors (Lipinski definition) is 3. The second kappa shape index (κ2) is 8.66. The number of fused-ring (bicyclic) bond motifs is 4. The van der Waals surface area contributed by atoms with Crippen LogP contribution in [0.15, 0.2) is 60.8 Å². The van der Waals surface area contributed by atoms with Gasteiger partial charge in [-0.2, -0.15) is 13.2 Å². The van der Waals surface area contributed by atoms with E-state index in [1.54, 1.807) is 11.8 Å². The maximum atomic E-state index is 13.7. The summed E-state index contributed by atoms with van der Waals surface area (Å²) in [5, 5.41) is 0. The zero-order chi connectivity index (χ0) is 24.8. The molecule has 5 rings (SSSR count). The number of carbonyl (C=O) groups excluding carboxylic acids is 1. The lowest BCUT2D eigenvalue weighted by Gasteiger charge is -2.45. The molecule has 35 heavy (non-hydrogen) atoms. The van der Waals surface area contributed by atoms with Crippen LogP contribution in [0.25, 0.3) is 5.69 Å². The first kappa shape index (κ1) is 23.3. The predicted molar refractivity (Wildman–Crippen MR) is 125 cm³/mol. The van der Waals surface area contributed by atoms with Gasteiger partial charge in [-0.15, -0.1) is 0 Å². The number of amides is 1. The Hall–Kier alpha value is -3.42. The van der Waals surface area contributed by atoms with Gasteiger partial charge in [-0.1, -0.05) is 19.1 Å². The van der Waals surface area contributed by atoms with Crippen LogP contribution in [0.5, 0.6) is 11.5 Å². The molecule has 0 bridgehead atoms. The van der Waals surface area contributed by atoms with E-state index >= 15 is 0 Å². The largest absolute Gasteiger partial charge is 0.490 e. The molecule has 1 amide bonds. The Morgan fingerprint density at radius 1 is 1.11 bits per heavy atom. The molecule has 8 heteroatoms. The molecule has 184 valence electrons. The summed E-state index contributed by atoms with van der Waals surface area (Å²) in [5.74, 6) is 0.103. The molecular weight excluding hydrogens is 457 g/mol. The number of benzene rings is 2. The lowest BCUT2D eigenvalue weighted by Crippen LogP contribution is -2.50. The number of hydrogen-bond donors (Lipinski definition) is 0. The van der Waals surface area contributed by atoms with Crippen LogP contribution in [0.3, 0.4) is 0 Å². The van der Waals surface area contributed by atoms with E-state index < -0.39 is 23.2 Å². The van der Waals surface area contributed by atoms with E-state index in [1.165, 1.54) is 12.1 Å². The van der Waals surface area contributed by atoms with Crippen LogP contribution in [-0.2, 0) is 11.8 Å². The molecule has 2 aliphatic heterocycles. The average Bonchev–Trinajstić information content (AvgIpc) is 3.35. The van der Waals surface area contributed by atoms with Gasteiger partial charge in [0.2, 0.25) is 0 Å². The molecule has 0 N–H and O–H groups in total. The molecule has 0 aliphatic carbocycles. The van der Waals surface area contributed by atoms with Crippen molar-refractivity contribution in [2.75, 3.05) is 13.1 Å². The standard InChI is InChI=1S/C27H27F3N2O3/c1-3-18(2)34-22-11-10-19(17-20(22)27(28,29)30)25(33)31-15-12-26(13-16-31)24-9-6-14-32(24)21-7-4-5-8-23(21)35-26/h4-11,14,17-18H,3,12-13,15-16H2,1-2H3/t18-/m1/s1. The Labute approximate surface area is 202 Å². The van der Waals surface area contributed by atoms with Gasteiger partial charge in [0.1, 0.15) is 11.5 Å². The number of halogens is 3. The smallest absolute Gasteiger partial charge is 0.419 e. The fourth-order valence-corrected chi connectivity index (χ4v) is 4.87. The molecule has 2 aliphatic rings. The normalized spacial score (nSPS) is 17.3. The van der Waals surface area contributed by atoms with Crippen molar-refractivity contribution >= 4 is 5.91 Å². The highest BCUT2D eigenvalue weighted by molar-refractivity contribution is 5.94. The van der Waals surface area contributed by atoms with Crippen LogP contribution in [0, 0.1) is 0 Å². The molecular formula is C27H27F3N2O3. The minimum Gasteiger partial charge on any atom is -0.490 e. The van der Waals surface area contributed by atoms with Gasteiger partial charge in [-0.05, 0) is 55.8 Å². The monoisotopic (exact) mass is 484 g/mol. The first-order valence-electron chi connectivity index (χ1n) is 11.9. The van der Waals surface area contributed by atoms with Crippen molar-refractivity contribution in [1.82, 2.24) is 9.47 Å². The predicted octanol–water partition coefficient (Wildman–Crippen LogP) is 6.20. The average molecular weight is 485 g/mol. The van der Waals surface area contributed by atoms with Crippen LogP contribution in [0.2, 0.25) is 0 Å². The van der Waals surface area contributed by atoms with Gasteiger partial charge in [0.05, 0.1) is 23.0 Å². The molecule has 1 spiro atoms. The number of nitrogens with zero attached hydrogens (tertiary/aromatic N) is 2. The lowest BCUT2D eigenvalue weighted by molar-refractivity contribution is -0.139. The second-order valence-corrected chi connectivity index (χ2v) is 9.17. The lowest BCUT2D eigenvalue weighted by atomic mass is 9.86. The number of alkyl halides is 3. The molecule has 1 aromatic heterocycles. The van der Waals surface area contributed by atoms with Gasteiger partial charge in [-0.3, -0.25) is 4.79 Å². The number of aromatic nitrogens is 1.